The van der Waals surface area contributed by atoms with Crippen LogP contribution in [0.5, 0.6) is 11.6 Å². The second-order valence-electron chi connectivity index (χ2n) is 5.99. The van der Waals surface area contributed by atoms with Crippen LogP contribution >= 0.6 is 15.9 Å². The third-order valence-corrected chi connectivity index (χ3v) is 4.07. The number of carboxylic acid groups (broad SMARTS) is 1. The van der Waals surface area contributed by atoms with Crippen LogP contribution in [0.15, 0.2) is 27.2 Å². The van der Waals surface area contributed by atoms with Crippen LogP contribution in [0, 0.1) is 17.6 Å². The second-order valence-corrected chi connectivity index (χ2v) is 6.84. The van der Waals surface area contributed by atoms with Crippen LogP contribution in [-0.2, 0) is 11.3 Å². The summed E-state index contributed by atoms with van der Waals surface area (Å²) < 4.78 is 42.7. The van der Waals surface area contributed by atoms with E-state index in [9.17, 15) is 13.6 Å². The third-order valence-electron chi connectivity index (χ3n) is 3.45. The van der Waals surface area contributed by atoms with Crippen LogP contribution in [0.4, 0.5) is 8.78 Å². The zero-order valence-electron chi connectivity index (χ0n) is 14.9. The number of tetrazole rings is 1. The van der Waals surface area contributed by atoms with Crippen molar-refractivity contribution in [3.63, 3.8) is 0 Å². The molecule has 0 aliphatic carbocycles. The first-order valence-electron chi connectivity index (χ1n) is 8.18. The van der Waals surface area contributed by atoms with Gasteiger partial charge in [-0.1, -0.05) is 6.92 Å². The average molecular weight is 474 g/mol. The minimum absolute atomic E-state index is 0.0631. The second kappa shape index (κ2) is 8.94. The Bertz CT molecular complexity index is 1010. The zero-order chi connectivity index (χ0) is 21.0. The van der Waals surface area contributed by atoms with E-state index in [1.165, 1.54) is 6.07 Å². The van der Waals surface area contributed by atoms with Crippen LogP contribution in [0.25, 0.3) is 11.6 Å². The summed E-state index contributed by atoms with van der Waals surface area (Å²) in [6.45, 7) is 1.77. The van der Waals surface area contributed by atoms with Gasteiger partial charge in [-0.25, -0.2) is 8.78 Å². The van der Waals surface area contributed by atoms with Gasteiger partial charge in [-0.2, -0.15) is 4.80 Å². The highest BCUT2D eigenvalue weighted by Gasteiger charge is 2.16. The Morgan fingerprint density at radius 1 is 1.28 bits per heavy atom. The van der Waals surface area contributed by atoms with Gasteiger partial charge in [0.05, 0.1) is 23.8 Å². The summed E-state index contributed by atoms with van der Waals surface area (Å²) in [5.74, 6) is -2.65. The first kappa shape index (κ1) is 20.6. The SMILES string of the molecule is C[C@@H](COc1cc(-c2nnn(CC(=O)O)n2)on1)COc1cc(F)c(F)cc1Br. The molecule has 2 heterocycles. The topological polar surface area (TPSA) is 125 Å². The van der Waals surface area contributed by atoms with Gasteiger partial charge in [0.25, 0.3) is 5.88 Å². The van der Waals surface area contributed by atoms with Crippen LogP contribution < -0.4 is 9.47 Å². The summed E-state index contributed by atoms with van der Waals surface area (Å²) in [6.07, 6.45) is 0. The van der Waals surface area contributed by atoms with E-state index in [1.54, 1.807) is 0 Å². The van der Waals surface area contributed by atoms with Crippen molar-refractivity contribution in [2.24, 2.45) is 5.92 Å². The van der Waals surface area contributed by atoms with Crippen LogP contribution in [0.1, 0.15) is 6.92 Å². The zero-order valence-corrected chi connectivity index (χ0v) is 16.5. The molecule has 10 nitrogen and oxygen atoms in total. The quantitative estimate of drug-likeness (QED) is 0.466. The summed E-state index contributed by atoms with van der Waals surface area (Å²) >= 11 is 3.11. The molecule has 3 rings (SSSR count). The minimum atomic E-state index is -1.11. The highest BCUT2D eigenvalue weighted by Crippen LogP contribution is 2.28. The Kier molecular flexibility index (Phi) is 6.36. The standard InChI is InChI=1S/C16H14BrF2N5O5/c1-8(6-27-12-3-11(19)10(18)2-9(12)17)7-28-14-4-13(29-22-14)16-20-23-24(21-16)5-15(25)26/h2-4,8H,5-7H2,1H3,(H,25,26)/t8-/m1/s1. The highest BCUT2D eigenvalue weighted by molar-refractivity contribution is 9.10. The summed E-state index contributed by atoms with van der Waals surface area (Å²) in [5.41, 5.74) is 0. The molecule has 1 aromatic carbocycles. The molecule has 0 aliphatic heterocycles. The first-order chi connectivity index (χ1) is 13.8. The van der Waals surface area contributed by atoms with Gasteiger partial charge in [-0.15, -0.1) is 10.2 Å². The fraction of sp³-hybridized carbons (Fsp3) is 0.312. The number of carbonyl (C=O) groups is 1. The summed E-state index contributed by atoms with van der Waals surface area (Å²) in [5, 5.41) is 23.5. The maximum absolute atomic E-state index is 13.3. The normalized spacial score (nSPS) is 12.0. The molecule has 0 spiro atoms. The molecule has 0 saturated carbocycles. The number of benzene rings is 1. The van der Waals surface area contributed by atoms with Gasteiger partial charge in [-0.3, -0.25) is 4.79 Å². The number of aliphatic carboxylic acids is 1. The van der Waals surface area contributed by atoms with Crippen LogP contribution in [0.2, 0.25) is 0 Å². The molecule has 0 fully saturated rings. The lowest BCUT2D eigenvalue weighted by Crippen LogP contribution is -2.17. The van der Waals surface area contributed by atoms with E-state index in [0.29, 0.717) is 4.47 Å². The van der Waals surface area contributed by atoms with Crippen molar-refractivity contribution in [3.05, 3.63) is 34.3 Å². The van der Waals surface area contributed by atoms with Gasteiger partial charge >= 0.3 is 5.97 Å². The Balaban J connectivity index is 1.51. The van der Waals surface area contributed by atoms with Gasteiger partial charge in [-0.05, 0) is 32.4 Å². The molecule has 0 amide bonds. The Morgan fingerprint density at radius 2 is 2.00 bits per heavy atom. The molecule has 13 heteroatoms. The Hall–Kier alpha value is -3.09. The maximum Gasteiger partial charge on any atom is 0.327 e. The molecule has 0 bridgehead atoms. The maximum atomic E-state index is 13.3. The van der Waals surface area contributed by atoms with Gasteiger partial charge in [0.1, 0.15) is 5.75 Å². The molecule has 0 radical (unpaired) electrons. The van der Waals surface area contributed by atoms with Crippen molar-refractivity contribution >= 4 is 21.9 Å². The molecule has 0 aliphatic rings. The van der Waals surface area contributed by atoms with Crippen LogP contribution in [0.3, 0.4) is 0 Å². The highest BCUT2D eigenvalue weighted by atomic mass is 79.9. The number of halogens is 3. The van der Waals surface area contributed by atoms with E-state index in [-0.39, 0.29) is 42.3 Å². The fourth-order valence-electron chi connectivity index (χ4n) is 2.08. The first-order valence-corrected chi connectivity index (χ1v) is 8.98. The molecular formula is C16H14BrF2N5O5. The van der Waals surface area contributed by atoms with Crippen molar-refractivity contribution in [2.45, 2.75) is 13.5 Å². The Labute approximate surface area is 170 Å². The monoisotopic (exact) mass is 473 g/mol. The summed E-state index contributed by atoms with van der Waals surface area (Å²) in [7, 11) is 0. The molecule has 1 N–H and O–H groups in total. The average Bonchev–Trinajstić information content (AvgIpc) is 3.30. The molecule has 29 heavy (non-hydrogen) atoms. The molecular weight excluding hydrogens is 460 g/mol. The number of rotatable bonds is 9. The largest absolute Gasteiger partial charge is 0.492 e. The van der Waals surface area contributed by atoms with E-state index in [4.69, 9.17) is 19.1 Å². The summed E-state index contributed by atoms with van der Waals surface area (Å²) in [6, 6.07) is 3.38. The van der Waals surface area contributed by atoms with Crippen molar-refractivity contribution in [1.29, 1.82) is 0 Å². The number of nitrogens with zero attached hydrogens (tertiary/aromatic N) is 5. The number of ether oxygens (including phenoxy) is 2. The lowest BCUT2D eigenvalue weighted by Gasteiger charge is -2.14. The lowest BCUT2D eigenvalue weighted by atomic mass is 10.2. The van der Waals surface area contributed by atoms with Gasteiger partial charge < -0.3 is 19.1 Å². The van der Waals surface area contributed by atoms with Crippen LogP contribution in [-0.4, -0.2) is 49.7 Å². The predicted octanol–water partition coefficient (Wildman–Crippen LogP) is 2.55. The van der Waals surface area contributed by atoms with E-state index in [2.05, 4.69) is 36.5 Å². The molecule has 0 saturated heterocycles. The van der Waals surface area contributed by atoms with E-state index in [0.717, 1.165) is 16.9 Å². The van der Waals surface area contributed by atoms with E-state index in [1.807, 2.05) is 6.92 Å². The third kappa shape index (κ3) is 5.47. The smallest absolute Gasteiger partial charge is 0.327 e. The summed E-state index contributed by atoms with van der Waals surface area (Å²) in [4.78, 5) is 11.5. The number of aromatic nitrogens is 5. The van der Waals surface area contributed by atoms with E-state index >= 15 is 0 Å². The fourth-order valence-corrected chi connectivity index (χ4v) is 2.51. The van der Waals surface area contributed by atoms with Crippen molar-refractivity contribution in [3.8, 4) is 23.2 Å². The van der Waals surface area contributed by atoms with Gasteiger partial charge in [0.2, 0.25) is 11.6 Å². The van der Waals surface area contributed by atoms with Crippen molar-refractivity contribution in [1.82, 2.24) is 25.4 Å². The van der Waals surface area contributed by atoms with Crippen molar-refractivity contribution in [2.75, 3.05) is 13.2 Å². The number of hydrogen-bond acceptors (Lipinski definition) is 8. The lowest BCUT2D eigenvalue weighted by molar-refractivity contribution is -0.138. The number of hydrogen-bond donors (Lipinski definition) is 1. The molecule has 2 aromatic heterocycles. The van der Waals surface area contributed by atoms with Gasteiger partial charge in [0.15, 0.2) is 18.2 Å². The van der Waals surface area contributed by atoms with Gasteiger partial charge in [0, 0.05) is 12.0 Å². The molecule has 3 aromatic rings. The molecule has 0 unspecified atom stereocenters. The molecule has 1 atom stereocenters. The van der Waals surface area contributed by atoms with Crippen molar-refractivity contribution < 1.29 is 32.7 Å². The Morgan fingerprint density at radius 3 is 2.76 bits per heavy atom. The minimum Gasteiger partial charge on any atom is -0.492 e. The number of carboxylic acids is 1. The molecule has 154 valence electrons. The predicted molar refractivity (Wildman–Crippen MR) is 95.2 cm³/mol. The van der Waals surface area contributed by atoms with E-state index < -0.39 is 24.1 Å².